The number of ether oxygens (including phenoxy) is 1. The number of nitrogens with zero attached hydrogens (tertiary/aromatic N) is 5. The largest absolute Gasteiger partial charge is 0.492 e. The van der Waals surface area contributed by atoms with Gasteiger partial charge in [0, 0.05) is 59.4 Å². The fourth-order valence-electron chi connectivity index (χ4n) is 4.88. The molecule has 1 aliphatic rings. The Morgan fingerprint density at radius 3 is 2.60 bits per heavy atom. The van der Waals surface area contributed by atoms with E-state index in [0.717, 1.165) is 64.8 Å². The molecule has 0 amide bonds. The Kier molecular flexibility index (Phi) is 6.01. The van der Waals surface area contributed by atoms with Gasteiger partial charge in [0.2, 0.25) is 0 Å². The van der Waals surface area contributed by atoms with Gasteiger partial charge in [-0.2, -0.15) is 5.10 Å². The van der Waals surface area contributed by atoms with Crippen molar-refractivity contribution >= 4 is 5.82 Å². The molecule has 1 aromatic carbocycles. The van der Waals surface area contributed by atoms with Gasteiger partial charge in [-0.1, -0.05) is 13.8 Å². The summed E-state index contributed by atoms with van der Waals surface area (Å²) in [5.41, 5.74) is 6.53. The van der Waals surface area contributed by atoms with E-state index in [2.05, 4.69) is 65.4 Å². The van der Waals surface area contributed by atoms with Gasteiger partial charge < -0.3 is 10.1 Å². The van der Waals surface area contributed by atoms with Gasteiger partial charge in [-0.15, -0.1) is 0 Å². The highest BCUT2D eigenvalue weighted by Crippen LogP contribution is 2.45. The molecule has 1 atom stereocenters. The summed E-state index contributed by atoms with van der Waals surface area (Å²) in [4.78, 5) is 13.9. The molecule has 35 heavy (non-hydrogen) atoms. The Morgan fingerprint density at radius 2 is 1.86 bits per heavy atom. The third kappa shape index (κ3) is 4.38. The lowest BCUT2D eigenvalue weighted by Crippen LogP contribution is -2.25. The summed E-state index contributed by atoms with van der Waals surface area (Å²) in [6.07, 6.45) is 9.71. The van der Waals surface area contributed by atoms with Crippen LogP contribution in [-0.2, 0) is 12.5 Å². The van der Waals surface area contributed by atoms with Gasteiger partial charge in [0.25, 0.3) is 0 Å². The number of nitrogens with one attached hydrogen (secondary N) is 1. The molecular weight excluding hydrogens is 436 g/mol. The molecule has 4 aromatic rings. The van der Waals surface area contributed by atoms with Crippen LogP contribution in [-0.4, -0.2) is 31.3 Å². The Balaban J connectivity index is 1.42. The van der Waals surface area contributed by atoms with Crippen molar-refractivity contribution in [2.24, 2.45) is 7.05 Å². The molecular formula is C28H32N6O. The molecule has 0 radical (unpaired) electrons. The van der Waals surface area contributed by atoms with Gasteiger partial charge in [-0.3, -0.25) is 9.67 Å². The minimum absolute atomic E-state index is 0.0162. The standard InChI is InChI=1S/C28H32N6O/c1-6-28(7-2)17-35-26-9-8-20(11-24(26)28)25-12-27(33-19(4)32-25)31-18(3)21-10-22(14-29-13-21)23-15-30-34(5)16-23/h8-16,18H,6-7,17H2,1-5H3,(H,31,32,33). The fourth-order valence-corrected chi connectivity index (χ4v) is 4.88. The van der Waals surface area contributed by atoms with Gasteiger partial charge in [-0.25, -0.2) is 9.97 Å². The number of fused-ring (bicyclic) bond motifs is 1. The highest BCUT2D eigenvalue weighted by molar-refractivity contribution is 5.67. The first-order valence-electron chi connectivity index (χ1n) is 12.2. The molecule has 3 aromatic heterocycles. The molecule has 5 rings (SSSR count). The molecule has 0 saturated carbocycles. The van der Waals surface area contributed by atoms with Gasteiger partial charge in [0.15, 0.2) is 0 Å². The van der Waals surface area contributed by atoms with Crippen molar-refractivity contribution in [3.05, 3.63) is 72.1 Å². The average Bonchev–Trinajstić information content (AvgIpc) is 3.47. The normalized spacial score (nSPS) is 14.9. The van der Waals surface area contributed by atoms with Gasteiger partial charge in [-0.05, 0) is 56.5 Å². The van der Waals surface area contributed by atoms with Crippen LogP contribution in [0.3, 0.4) is 0 Å². The lowest BCUT2D eigenvalue weighted by molar-refractivity contribution is 0.253. The summed E-state index contributed by atoms with van der Waals surface area (Å²) < 4.78 is 7.82. The third-order valence-electron chi connectivity index (χ3n) is 7.20. The molecule has 7 heteroatoms. The van der Waals surface area contributed by atoms with Crippen molar-refractivity contribution < 1.29 is 4.74 Å². The topological polar surface area (TPSA) is 77.8 Å². The summed E-state index contributed by atoms with van der Waals surface area (Å²) in [5.74, 6) is 2.52. The van der Waals surface area contributed by atoms with E-state index in [1.807, 2.05) is 44.8 Å². The second kappa shape index (κ2) is 9.13. The lowest BCUT2D eigenvalue weighted by Gasteiger charge is -2.24. The van der Waals surface area contributed by atoms with Crippen LogP contribution < -0.4 is 10.1 Å². The van der Waals surface area contributed by atoms with E-state index in [-0.39, 0.29) is 11.5 Å². The maximum absolute atomic E-state index is 6.02. The van der Waals surface area contributed by atoms with Crippen molar-refractivity contribution in [2.75, 3.05) is 11.9 Å². The second-order valence-electron chi connectivity index (χ2n) is 9.45. The SMILES string of the molecule is CCC1(CC)COc2ccc(-c3cc(NC(C)c4cncc(-c5cnn(C)c5)c4)nc(C)n3)cc21. The first-order valence-corrected chi connectivity index (χ1v) is 12.2. The minimum Gasteiger partial charge on any atom is -0.492 e. The zero-order valence-corrected chi connectivity index (χ0v) is 21.0. The summed E-state index contributed by atoms with van der Waals surface area (Å²) >= 11 is 0. The van der Waals surface area contributed by atoms with Gasteiger partial charge >= 0.3 is 0 Å². The number of anilines is 1. The number of pyridine rings is 1. The Bertz CT molecular complexity index is 1360. The highest BCUT2D eigenvalue weighted by atomic mass is 16.5. The van der Waals surface area contributed by atoms with Crippen LogP contribution in [0.4, 0.5) is 5.82 Å². The average molecular weight is 469 g/mol. The Hall–Kier alpha value is -3.74. The molecule has 0 saturated heterocycles. The first-order chi connectivity index (χ1) is 16.9. The molecule has 0 aliphatic carbocycles. The van der Waals surface area contributed by atoms with Crippen molar-refractivity contribution in [1.82, 2.24) is 24.7 Å². The predicted molar refractivity (Wildman–Crippen MR) is 138 cm³/mol. The molecule has 0 spiro atoms. The molecule has 7 nitrogen and oxygen atoms in total. The predicted octanol–water partition coefficient (Wildman–Crippen LogP) is 5.87. The highest BCUT2D eigenvalue weighted by Gasteiger charge is 2.37. The number of rotatable bonds is 7. The van der Waals surface area contributed by atoms with Crippen LogP contribution in [0.1, 0.15) is 56.6 Å². The number of benzene rings is 1. The summed E-state index contributed by atoms with van der Waals surface area (Å²) in [5, 5.41) is 7.82. The number of aromatic nitrogens is 5. The molecule has 1 N–H and O–H groups in total. The van der Waals surface area contributed by atoms with Crippen LogP contribution >= 0.6 is 0 Å². The van der Waals surface area contributed by atoms with Crippen molar-refractivity contribution in [1.29, 1.82) is 0 Å². The zero-order valence-electron chi connectivity index (χ0n) is 21.0. The van der Waals surface area contributed by atoms with Crippen LogP contribution in [0.5, 0.6) is 5.75 Å². The van der Waals surface area contributed by atoms with Crippen molar-refractivity contribution in [2.45, 2.75) is 52.0 Å². The quantitative estimate of drug-likeness (QED) is 0.365. The monoisotopic (exact) mass is 468 g/mol. The minimum atomic E-state index is 0.0162. The first kappa shape index (κ1) is 23.0. The van der Waals surface area contributed by atoms with E-state index in [4.69, 9.17) is 9.72 Å². The van der Waals surface area contributed by atoms with Crippen molar-refractivity contribution in [3.63, 3.8) is 0 Å². The second-order valence-corrected chi connectivity index (χ2v) is 9.45. The molecule has 4 heterocycles. The summed E-state index contributed by atoms with van der Waals surface area (Å²) in [6, 6.07) is 10.6. The van der Waals surface area contributed by atoms with Gasteiger partial charge in [0.05, 0.1) is 24.5 Å². The molecule has 0 fully saturated rings. The van der Waals surface area contributed by atoms with E-state index in [0.29, 0.717) is 0 Å². The van der Waals surface area contributed by atoms with Crippen LogP contribution in [0.2, 0.25) is 0 Å². The van der Waals surface area contributed by atoms with Crippen molar-refractivity contribution in [3.8, 4) is 28.1 Å². The third-order valence-corrected chi connectivity index (χ3v) is 7.20. The molecule has 1 unspecified atom stereocenters. The van der Waals surface area contributed by atoms with E-state index in [9.17, 15) is 0 Å². The molecule has 180 valence electrons. The number of aryl methyl sites for hydroxylation is 2. The van der Waals surface area contributed by atoms with Gasteiger partial charge in [0.1, 0.15) is 17.4 Å². The van der Waals surface area contributed by atoms with Crippen LogP contribution in [0.25, 0.3) is 22.4 Å². The summed E-state index contributed by atoms with van der Waals surface area (Å²) in [7, 11) is 1.92. The van der Waals surface area contributed by atoms with E-state index < -0.39 is 0 Å². The number of hydrogen-bond acceptors (Lipinski definition) is 6. The lowest BCUT2D eigenvalue weighted by atomic mass is 9.77. The van der Waals surface area contributed by atoms with Crippen LogP contribution in [0, 0.1) is 6.92 Å². The van der Waals surface area contributed by atoms with E-state index in [1.54, 1.807) is 4.68 Å². The number of hydrogen-bond donors (Lipinski definition) is 1. The molecule has 1 aliphatic heterocycles. The Morgan fingerprint density at radius 1 is 1.03 bits per heavy atom. The van der Waals surface area contributed by atoms with Crippen LogP contribution in [0.15, 0.2) is 55.1 Å². The Labute approximate surface area is 206 Å². The maximum atomic E-state index is 6.02. The zero-order chi connectivity index (χ0) is 24.6. The fraction of sp³-hybridized carbons (Fsp3) is 0.357. The smallest absolute Gasteiger partial charge is 0.130 e. The maximum Gasteiger partial charge on any atom is 0.130 e. The van der Waals surface area contributed by atoms with E-state index >= 15 is 0 Å². The molecule has 0 bridgehead atoms. The summed E-state index contributed by atoms with van der Waals surface area (Å²) in [6.45, 7) is 9.28. The van der Waals surface area contributed by atoms with E-state index in [1.165, 1.54) is 5.56 Å².